The molecule has 0 unspecified atom stereocenters. The lowest BCUT2D eigenvalue weighted by Crippen LogP contribution is -2.10. The van der Waals surface area contributed by atoms with Crippen LogP contribution < -0.4 is 0 Å². The number of rotatable bonds is 4. The van der Waals surface area contributed by atoms with Gasteiger partial charge in [0.2, 0.25) is 0 Å². The molecule has 0 atom stereocenters. The minimum Gasteiger partial charge on any atom is -0.0622 e. The van der Waals surface area contributed by atoms with Gasteiger partial charge < -0.3 is 0 Å². The Morgan fingerprint density at radius 1 is 0.283 bits per heavy atom. The lowest BCUT2D eigenvalue weighted by Gasteiger charge is -2.23. The Kier molecular flexibility index (Phi) is 7.41. The minimum absolute atomic E-state index is 0.0913. The van der Waals surface area contributed by atoms with Crippen LogP contribution in [0, 0.1) is 0 Å². The van der Waals surface area contributed by atoms with Crippen LogP contribution in [-0.4, -0.2) is 0 Å². The van der Waals surface area contributed by atoms with Crippen molar-refractivity contribution in [2.45, 2.75) is 52.4 Å². The Morgan fingerprint density at radius 3 is 0.935 bits per heavy atom. The van der Waals surface area contributed by atoms with Crippen LogP contribution in [0.1, 0.15) is 52.7 Å². The summed E-state index contributed by atoms with van der Waals surface area (Å²) in [7, 11) is 0. The number of benzene rings is 7. The highest BCUT2D eigenvalue weighted by Crippen LogP contribution is 2.47. The van der Waals surface area contributed by atoms with E-state index >= 15 is 0 Å². The van der Waals surface area contributed by atoms with Crippen molar-refractivity contribution in [3.63, 3.8) is 0 Å². The number of hydrogen-bond acceptors (Lipinski definition) is 0. The molecule has 226 valence electrons. The highest BCUT2D eigenvalue weighted by molar-refractivity contribution is 6.22. The molecule has 0 saturated carbocycles. The van der Waals surface area contributed by atoms with Gasteiger partial charge in [0.25, 0.3) is 0 Å². The molecular formula is C46H42. The maximum atomic E-state index is 2.40. The van der Waals surface area contributed by atoms with Crippen LogP contribution in [0.5, 0.6) is 0 Å². The van der Waals surface area contributed by atoms with Crippen molar-refractivity contribution in [2.24, 2.45) is 0 Å². The van der Waals surface area contributed by atoms with Gasteiger partial charge in [0.1, 0.15) is 0 Å². The maximum Gasteiger partial charge on any atom is -0.00203 e. The van der Waals surface area contributed by atoms with E-state index in [1.807, 2.05) is 0 Å². The maximum absolute atomic E-state index is 2.40. The van der Waals surface area contributed by atoms with E-state index in [0.717, 1.165) is 0 Å². The van der Waals surface area contributed by atoms with Crippen LogP contribution in [0.3, 0.4) is 0 Å². The van der Waals surface area contributed by atoms with Crippen LogP contribution in [0.15, 0.2) is 146 Å². The quantitative estimate of drug-likeness (QED) is 0.178. The average molecular weight is 595 g/mol. The van der Waals surface area contributed by atoms with Crippen molar-refractivity contribution in [3.8, 4) is 44.5 Å². The van der Waals surface area contributed by atoms with E-state index in [4.69, 9.17) is 0 Å². The molecule has 0 fully saturated rings. The first-order valence-electron chi connectivity index (χ1n) is 16.4. The molecule has 0 bridgehead atoms. The van der Waals surface area contributed by atoms with E-state index in [1.54, 1.807) is 0 Å². The molecule has 7 aromatic carbocycles. The molecule has 0 aromatic heterocycles. The van der Waals surface area contributed by atoms with Crippen LogP contribution >= 0.6 is 0 Å². The molecule has 7 rings (SSSR count). The van der Waals surface area contributed by atoms with Gasteiger partial charge in [0.15, 0.2) is 0 Å². The van der Waals surface area contributed by atoms with E-state index in [1.165, 1.54) is 77.2 Å². The Hall–Kier alpha value is -4.94. The largest absolute Gasteiger partial charge is 0.0622 e. The molecule has 0 amide bonds. The first-order chi connectivity index (χ1) is 22.1. The van der Waals surface area contributed by atoms with Crippen LogP contribution in [0.25, 0.3) is 66.1 Å². The van der Waals surface area contributed by atoms with Crippen molar-refractivity contribution in [2.75, 3.05) is 0 Å². The highest BCUT2D eigenvalue weighted by Gasteiger charge is 2.21. The third kappa shape index (κ3) is 5.54. The summed E-state index contributed by atoms with van der Waals surface area (Å²) in [6.45, 7) is 13.7. The van der Waals surface area contributed by atoms with Crippen molar-refractivity contribution >= 4 is 21.5 Å². The second-order valence-electron chi connectivity index (χ2n) is 14.7. The standard InChI is InChI=1S/C46H42/c1-45(2,3)37-23-17-33(18-24-37)43-39-27-21-35(31-13-9-7-10-14-31)29-41(39)42-30-36(32-15-11-8-12-16-32)22-28-40(42)44(43)34-19-25-38(26-20-34)46(4,5)6/h7-30H,1-6H3. The summed E-state index contributed by atoms with van der Waals surface area (Å²) in [6.07, 6.45) is 0. The van der Waals surface area contributed by atoms with Gasteiger partial charge in [-0.1, -0.05) is 175 Å². The highest BCUT2D eigenvalue weighted by atomic mass is 14.2. The number of hydrogen-bond donors (Lipinski definition) is 0. The van der Waals surface area contributed by atoms with Gasteiger partial charge in [-0.2, -0.15) is 0 Å². The van der Waals surface area contributed by atoms with E-state index in [2.05, 4.69) is 187 Å². The number of fused-ring (bicyclic) bond motifs is 3. The molecule has 0 heteroatoms. The van der Waals surface area contributed by atoms with Crippen LogP contribution in [0.4, 0.5) is 0 Å². The van der Waals surface area contributed by atoms with Gasteiger partial charge >= 0.3 is 0 Å². The monoisotopic (exact) mass is 594 g/mol. The topological polar surface area (TPSA) is 0 Å². The summed E-state index contributed by atoms with van der Waals surface area (Å²) in [5.41, 5.74) is 12.9. The zero-order chi connectivity index (χ0) is 32.1. The first-order valence-corrected chi connectivity index (χ1v) is 16.4. The summed E-state index contributed by atoms with van der Waals surface area (Å²) >= 11 is 0. The van der Waals surface area contributed by atoms with Crippen LogP contribution in [0.2, 0.25) is 0 Å². The Morgan fingerprint density at radius 2 is 0.609 bits per heavy atom. The van der Waals surface area contributed by atoms with E-state index in [-0.39, 0.29) is 10.8 Å². The van der Waals surface area contributed by atoms with Gasteiger partial charge in [0, 0.05) is 0 Å². The SMILES string of the molecule is CC(C)(C)c1ccc(-c2c(-c3ccc(C(C)(C)C)cc3)c3ccc(-c4ccccc4)cc3c3cc(-c4ccccc4)ccc23)cc1. The Bertz CT molecular complexity index is 1990. The predicted molar refractivity (Wildman–Crippen MR) is 201 cm³/mol. The molecule has 0 aliphatic rings. The van der Waals surface area contributed by atoms with Crippen LogP contribution in [-0.2, 0) is 10.8 Å². The Labute approximate surface area is 274 Å². The molecule has 46 heavy (non-hydrogen) atoms. The lowest BCUT2D eigenvalue weighted by molar-refractivity contribution is 0.590. The van der Waals surface area contributed by atoms with Gasteiger partial charge in [-0.3, -0.25) is 0 Å². The zero-order valence-electron chi connectivity index (χ0n) is 27.9. The fourth-order valence-electron chi connectivity index (χ4n) is 6.73. The fraction of sp³-hybridized carbons (Fsp3) is 0.174. The van der Waals surface area contributed by atoms with Crippen molar-refractivity contribution in [3.05, 3.63) is 157 Å². The van der Waals surface area contributed by atoms with Gasteiger partial charge in [-0.15, -0.1) is 0 Å². The molecule has 0 radical (unpaired) electrons. The molecular weight excluding hydrogens is 553 g/mol. The summed E-state index contributed by atoms with van der Waals surface area (Å²) < 4.78 is 0. The Balaban J connectivity index is 1.60. The van der Waals surface area contributed by atoms with Gasteiger partial charge in [-0.05, 0) is 100 Å². The zero-order valence-corrected chi connectivity index (χ0v) is 27.9. The van der Waals surface area contributed by atoms with E-state index in [0.29, 0.717) is 0 Å². The fourth-order valence-corrected chi connectivity index (χ4v) is 6.73. The normalized spacial score (nSPS) is 12.1. The summed E-state index contributed by atoms with van der Waals surface area (Å²) in [5, 5.41) is 5.10. The molecule has 0 heterocycles. The summed E-state index contributed by atoms with van der Waals surface area (Å²) in [6, 6.07) is 54.2. The molecule has 0 aliphatic heterocycles. The van der Waals surface area contributed by atoms with Crippen molar-refractivity contribution in [1.82, 2.24) is 0 Å². The first kappa shape index (κ1) is 29.8. The molecule has 0 aliphatic carbocycles. The smallest absolute Gasteiger partial charge is 0.00203 e. The van der Waals surface area contributed by atoms with Crippen molar-refractivity contribution in [1.29, 1.82) is 0 Å². The summed E-state index contributed by atoms with van der Waals surface area (Å²) in [4.78, 5) is 0. The van der Waals surface area contributed by atoms with Crippen molar-refractivity contribution < 1.29 is 0 Å². The third-order valence-electron chi connectivity index (χ3n) is 9.41. The predicted octanol–water partition coefficient (Wildman–Crippen LogP) is 13.3. The molecule has 7 aromatic rings. The third-order valence-corrected chi connectivity index (χ3v) is 9.41. The van der Waals surface area contributed by atoms with E-state index in [9.17, 15) is 0 Å². The van der Waals surface area contributed by atoms with Gasteiger partial charge in [0.05, 0.1) is 0 Å². The molecule has 0 saturated heterocycles. The van der Waals surface area contributed by atoms with Gasteiger partial charge in [-0.25, -0.2) is 0 Å². The molecule has 0 nitrogen and oxygen atoms in total. The second-order valence-corrected chi connectivity index (χ2v) is 14.7. The van der Waals surface area contributed by atoms with E-state index < -0.39 is 0 Å². The second kappa shape index (κ2) is 11.5. The lowest BCUT2D eigenvalue weighted by atomic mass is 9.81. The average Bonchev–Trinajstić information content (AvgIpc) is 3.07. The molecule has 0 N–H and O–H groups in total. The summed E-state index contributed by atoms with van der Waals surface area (Å²) in [5.74, 6) is 0. The molecule has 0 spiro atoms. The minimum atomic E-state index is 0.0913.